The average Bonchev–Trinajstić information content (AvgIpc) is 2.67. The largest absolute Gasteiger partial charge is 0.383 e. The Morgan fingerprint density at radius 1 is 1.21 bits per heavy atom. The van der Waals surface area contributed by atoms with E-state index in [2.05, 4.69) is 15.6 Å². The van der Waals surface area contributed by atoms with Crippen LogP contribution in [0.15, 0.2) is 53.3 Å². The number of hydrogen-bond acceptors (Lipinski definition) is 4. The number of hydrogen-bond donors (Lipinski definition) is 2. The van der Waals surface area contributed by atoms with E-state index >= 15 is 0 Å². The van der Waals surface area contributed by atoms with Crippen LogP contribution in [0.1, 0.15) is 24.4 Å². The molecule has 28 heavy (non-hydrogen) atoms. The zero-order valence-corrected chi connectivity index (χ0v) is 16.2. The first-order chi connectivity index (χ1) is 13.5. The molecule has 0 fully saturated rings. The minimum absolute atomic E-state index is 0.148. The quantitative estimate of drug-likeness (QED) is 0.687. The molecule has 7 nitrogen and oxygen atoms in total. The summed E-state index contributed by atoms with van der Waals surface area (Å²) in [6.07, 6.45) is 0. The maximum atomic E-state index is 12.9. The number of urea groups is 1. The van der Waals surface area contributed by atoms with Crippen molar-refractivity contribution >= 4 is 22.6 Å². The molecule has 2 N–H and O–H groups in total. The summed E-state index contributed by atoms with van der Waals surface area (Å²) in [5, 5.41) is 6.21. The van der Waals surface area contributed by atoms with Gasteiger partial charge in [-0.2, -0.15) is 0 Å². The number of rotatable bonds is 6. The Morgan fingerprint density at radius 2 is 2.00 bits per heavy atom. The Balaban J connectivity index is 1.88. The number of carbonyl (C=O) groups is 1. The van der Waals surface area contributed by atoms with E-state index in [-0.39, 0.29) is 11.6 Å². The molecule has 0 aliphatic rings. The predicted octanol–water partition coefficient (Wildman–Crippen LogP) is 3.23. The number of amides is 2. The van der Waals surface area contributed by atoms with E-state index in [1.54, 1.807) is 30.7 Å². The van der Waals surface area contributed by atoms with Crippen molar-refractivity contribution in [2.45, 2.75) is 26.4 Å². The molecule has 2 amide bonds. The van der Waals surface area contributed by atoms with Gasteiger partial charge in [-0.15, -0.1) is 0 Å². The molecule has 0 spiro atoms. The summed E-state index contributed by atoms with van der Waals surface area (Å²) >= 11 is 0. The molecular weight excluding hydrogens is 356 g/mol. The molecule has 0 unspecified atom stereocenters. The number of aryl methyl sites for hydroxylation is 1. The van der Waals surface area contributed by atoms with Gasteiger partial charge in [-0.05, 0) is 43.7 Å². The Labute approximate surface area is 163 Å². The van der Waals surface area contributed by atoms with Gasteiger partial charge in [0.2, 0.25) is 0 Å². The van der Waals surface area contributed by atoms with Gasteiger partial charge in [-0.1, -0.05) is 24.3 Å². The topological polar surface area (TPSA) is 85.2 Å². The molecule has 3 rings (SSSR count). The Kier molecular flexibility index (Phi) is 6.06. The number of para-hydroxylation sites is 1. The third-order valence-electron chi connectivity index (χ3n) is 4.42. The van der Waals surface area contributed by atoms with Crippen LogP contribution in [0.5, 0.6) is 0 Å². The molecule has 0 saturated heterocycles. The third kappa shape index (κ3) is 4.37. The summed E-state index contributed by atoms with van der Waals surface area (Å²) in [7, 11) is 1.58. The van der Waals surface area contributed by atoms with E-state index in [1.807, 2.05) is 43.3 Å². The first kappa shape index (κ1) is 19.6. The van der Waals surface area contributed by atoms with Crippen molar-refractivity contribution in [1.29, 1.82) is 0 Å². The van der Waals surface area contributed by atoms with Crippen molar-refractivity contribution in [3.8, 4) is 0 Å². The van der Waals surface area contributed by atoms with E-state index in [4.69, 9.17) is 4.74 Å². The summed E-state index contributed by atoms with van der Waals surface area (Å²) in [4.78, 5) is 30.0. The van der Waals surface area contributed by atoms with Gasteiger partial charge < -0.3 is 15.4 Å². The first-order valence-corrected chi connectivity index (χ1v) is 9.12. The molecule has 0 aliphatic heterocycles. The highest BCUT2D eigenvalue weighted by molar-refractivity contribution is 5.89. The molecule has 3 aromatic rings. The summed E-state index contributed by atoms with van der Waals surface area (Å²) < 4.78 is 6.69. The number of methoxy groups -OCH3 is 1. The number of benzene rings is 2. The molecule has 1 aromatic heterocycles. The smallest absolute Gasteiger partial charge is 0.319 e. The maximum Gasteiger partial charge on any atom is 0.319 e. The second-order valence-corrected chi connectivity index (χ2v) is 6.63. The van der Waals surface area contributed by atoms with Gasteiger partial charge in [0.05, 0.1) is 30.1 Å². The van der Waals surface area contributed by atoms with Crippen LogP contribution in [-0.4, -0.2) is 29.3 Å². The predicted molar refractivity (Wildman–Crippen MR) is 110 cm³/mol. The van der Waals surface area contributed by atoms with Gasteiger partial charge in [-0.3, -0.25) is 9.36 Å². The van der Waals surface area contributed by atoms with Crippen molar-refractivity contribution in [3.63, 3.8) is 0 Å². The van der Waals surface area contributed by atoms with Gasteiger partial charge in [0.15, 0.2) is 0 Å². The first-order valence-electron chi connectivity index (χ1n) is 9.12. The molecule has 2 aromatic carbocycles. The van der Waals surface area contributed by atoms with Crippen LogP contribution in [0.3, 0.4) is 0 Å². The number of anilines is 1. The number of ether oxygens (including phenoxy) is 1. The fourth-order valence-corrected chi connectivity index (χ4v) is 3.07. The van der Waals surface area contributed by atoms with Crippen molar-refractivity contribution in [2.75, 3.05) is 19.0 Å². The lowest BCUT2D eigenvalue weighted by Crippen LogP contribution is -2.36. The molecule has 0 aliphatic carbocycles. The van der Waals surface area contributed by atoms with Crippen LogP contribution in [0, 0.1) is 6.92 Å². The molecule has 0 radical (unpaired) electrons. The lowest BCUT2D eigenvalue weighted by molar-refractivity contribution is 0.184. The normalized spacial score (nSPS) is 12.0. The van der Waals surface area contributed by atoms with Crippen molar-refractivity contribution in [1.82, 2.24) is 14.9 Å². The summed E-state index contributed by atoms with van der Waals surface area (Å²) in [5.41, 5.74) is 2.21. The Bertz CT molecular complexity index is 1050. The highest BCUT2D eigenvalue weighted by atomic mass is 16.5. The van der Waals surface area contributed by atoms with E-state index < -0.39 is 6.04 Å². The number of carbonyl (C=O) groups excluding carboxylic acids is 1. The maximum absolute atomic E-state index is 12.9. The minimum Gasteiger partial charge on any atom is -0.383 e. The molecular formula is C21H24N4O3. The summed E-state index contributed by atoms with van der Waals surface area (Å²) in [6, 6.07) is 13.9. The fraction of sp³-hybridized carbons (Fsp3) is 0.286. The van der Waals surface area contributed by atoms with Crippen LogP contribution in [0.2, 0.25) is 0 Å². The molecule has 1 heterocycles. The molecule has 7 heteroatoms. The number of fused-ring (bicyclic) bond motifs is 1. The number of aromatic nitrogens is 2. The standard InChI is InChI=1S/C21H24N4O3/c1-14-7-6-8-16(13-14)23-21(27)22-15(2)19-24-18-10-5-4-9-17(18)20(26)25(19)11-12-28-3/h4-10,13,15H,11-12H2,1-3H3,(H2,22,23,27)/t15-/m1/s1. The van der Waals surface area contributed by atoms with Crippen LogP contribution < -0.4 is 16.2 Å². The lowest BCUT2D eigenvalue weighted by atomic mass is 10.2. The van der Waals surface area contributed by atoms with Crippen molar-refractivity contribution in [3.05, 3.63) is 70.3 Å². The van der Waals surface area contributed by atoms with Gasteiger partial charge in [0.1, 0.15) is 5.82 Å². The van der Waals surface area contributed by atoms with Crippen LogP contribution >= 0.6 is 0 Å². The van der Waals surface area contributed by atoms with Gasteiger partial charge >= 0.3 is 6.03 Å². The van der Waals surface area contributed by atoms with E-state index in [9.17, 15) is 9.59 Å². The zero-order chi connectivity index (χ0) is 20.1. The SMILES string of the molecule is COCCn1c([C@@H](C)NC(=O)Nc2cccc(C)c2)nc2ccccc2c1=O. The van der Waals surface area contributed by atoms with Crippen molar-refractivity contribution in [2.24, 2.45) is 0 Å². The molecule has 146 valence electrons. The van der Waals surface area contributed by atoms with Gasteiger partial charge in [0, 0.05) is 12.8 Å². The summed E-state index contributed by atoms with van der Waals surface area (Å²) in [6.45, 7) is 4.48. The monoisotopic (exact) mass is 380 g/mol. The van der Waals surface area contributed by atoms with E-state index in [1.165, 1.54) is 0 Å². The summed E-state index contributed by atoms with van der Waals surface area (Å²) in [5.74, 6) is 0.486. The van der Waals surface area contributed by atoms with Crippen molar-refractivity contribution < 1.29 is 9.53 Å². The second-order valence-electron chi connectivity index (χ2n) is 6.63. The highest BCUT2D eigenvalue weighted by Crippen LogP contribution is 2.15. The molecule has 0 bridgehead atoms. The van der Waals surface area contributed by atoms with E-state index in [0.29, 0.717) is 35.6 Å². The van der Waals surface area contributed by atoms with Gasteiger partial charge in [-0.25, -0.2) is 9.78 Å². The molecule has 0 saturated carbocycles. The number of nitrogens with zero attached hydrogens (tertiary/aromatic N) is 2. The number of nitrogens with one attached hydrogen (secondary N) is 2. The average molecular weight is 380 g/mol. The highest BCUT2D eigenvalue weighted by Gasteiger charge is 2.18. The second kappa shape index (κ2) is 8.67. The van der Waals surface area contributed by atoms with Gasteiger partial charge in [0.25, 0.3) is 5.56 Å². The lowest BCUT2D eigenvalue weighted by Gasteiger charge is -2.19. The minimum atomic E-state index is -0.473. The zero-order valence-electron chi connectivity index (χ0n) is 16.2. The van der Waals surface area contributed by atoms with Crippen LogP contribution in [0.4, 0.5) is 10.5 Å². The van der Waals surface area contributed by atoms with Crippen LogP contribution in [0.25, 0.3) is 10.9 Å². The Hall–Kier alpha value is -3.19. The Morgan fingerprint density at radius 3 is 2.75 bits per heavy atom. The molecule has 1 atom stereocenters. The fourth-order valence-electron chi connectivity index (χ4n) is 3.07. The van der Waals surface area contributed by atoms with E-state index in [0.717, 1.165) is 5.56 Å². The third-order valence-corrected chi connectivity index (χ3v) is 4.42. The van der Waals surface area contributed by atoms with Crippen LogP contribution in [-0.2, 0) is 11.3 Å².